The second-order valence-corrected chi connectivity index (χ2v) is 4.29. The Morgan fingerprint density at radius 1 is 1.56 bits per heavy atom. The quantitative estimate of drug-likeness (QED) is 0.889. The van der Waals surface area contributed by atoms with Gasteiger partial charge in [0.05, 0.1) is 12.5 Å². The molecule has 0 atom stereocenters. The highest BCUT2D eigenvalue weighted by atomic mass is 35.5. The largest absolute Gasteiger partial charge is 0.494 e. The maximum Gasteiger partial charge on any atom is 0.314 e. The van der Waals surface area contributed by atoms with Crippen LogP contribution in [0.4, 0.5) is 4.39 Å². The molecule has 0 saturated heterocycles. The maximum absolute atomic E-state index is 13.9. The van der Waals surface area contributed by atoms with Crippen molar-refractivity contribution in [2.24, 2.45) is 0 Å². The average Bonchev–Trinajstić information content (AvgIpc) is 3.02. The third-order valence-electron chi connectivity index (χ3n) is 2.90. The van der Waals surface area contributed by atoms with E-state index in [9.17, 15) is 9.18 Å². The van der Waals surface area contributed by atoms with E-state index in [-0.39, 0.29) is 16.3 Å². The predicted molar refractivity (Wildman–Crippen MR) is 56.5 cm³/mol. The van der Waals surface area contributed by atoms with Gasteiger partial charge in [0.2, 0.25) is 0 Å². The number of benzene rings is 1. The summed E-state index contributed by atoms with van der Waals surface area (Å²) < 4.78 is 18.7. The van der Waals surface area contributed by atoms with Crippen LogP contribution >= 0.6 is 11.6 Å². The third kappa shape index (κ3) is 1.53. The highest BCUT2D eigenvalue weighted by Crippen LogP contribution is 2.51. The fourth-order valence-electron chi connectivity index (χ4n) is 1.78. The first kappa shape index (κ1) is 11.2. The smallest absolute Gasteiger partial charge is 0.314 e. The van der Waals surface area contributed by atoms with Crippen LogP contribution < -0.4 is 4.74 Å². The standard InChI is InChI=1S/C11H10ClFO3/c1-16-8-5-6(12)4-7(9(8)13)11(2-3-11)10(14)15/h4-5H,2-3H2,1H3,(H,14,15). The van der Waals surface area contributed by atoms with E-state index in [1.165, 1.54) is 19.2 Å². The van der Waals surface area contributed by atoms with E-state index < -0.39 is 17.2 Å². The van der Waals surface area contributed by atoms with Crippen molar-refractivity contribution in [3.63, 3.8) is 0 Å². The van der Waals surface area contributed by atoms with Gasteiger partial charge in [-0.05, 0) is 18.9 Å². The zero-order chi connectivity index (χ0) is 11.9. The van der Waals surface area contributed by atoms with E-state index in [4.69, 9.17) is 21.4 Å². The molecule has 0 unspecified atom stereocenters. The fraction of sp³-hybridized carbons (Fsp3) is 0.364. The van der Waals surface area contributed by atoms with Crippen molar-refractivity contribution in [2.45, 2.75) is 18.3 Å². The molecule has 0 aliphatic heterocycles. The normalized spacial score (nSPS) is 16.9. The number of carboxylic acid groups (broad SMARTS) is 1. The lowest BCUT2D eigenvalue weighted by Crippen LogP contribution is -2.21. The molecular formula is C11H10ClFO3. The van der Waals surface area contributed by atoms with Gasteiger partial charge in [0.15, 0.2) is 11.6 Å². The summed E-state index contributed by atoms with van der Waals surface area (Å²) in [5.74, 6) is -1.67. The van der Waals surface area contributed by atoms with E-state index in [0.717, 1.165) is 0 Å². The minimum atomic E-state index is -1.11. The Morgan fingerprint density at radius 3 is 2.62 bits per heavy atom. The molecule has 0 radical (unpaired) electrons. The van der Waals surface area contributed by atoms with Gasteiger partial charge in [-0.1, -0.05) is 11.6 Å². The highest BCUT2D eigenvalue weighted by molar-refractivity contribution is 6.30. The molecule has 0 heterocycles. The first-order valence-corrected chi connectivity index (χ1v) is 5.16. The molecule has 0 amide bonds. The average molecular weight is 245 g/mol. The topological polar surface area (TPSA) is 46.5 Å². The Morgan fingerprint density at radius 2 is 2.19 bits per heavy atom. The molecule has 16 heavy (non-hydrogen) atoms. The lowest BCUT2D eigenvalue weighted by Gasteiger charge is -2.14. The summed E-state index contributed by atoms with van der Waals surface area (Å²) in [6.07, 6.45) is 0.867. The molecule has 0 spiro atoms. The van der Waals surface area contributed by atoms with Gasteiger partial charge in [-0.15, -0.1) is 0 Å². The molecule has 1 aromatic carbocycles. The van der Waals surface area contributed by atoms with E-state index in [1.54, 1.807) is 0 Å². The second-order valence-electron chi connectivity index (χ2n) is 3.86. The van der Waals surface area contributed by atoms with Gasteiger partial charge in [-0.25, -0.2) is 4.39 Å². The lowest BCUT2D eigenvalue weighted by molar-refractivity contribution is -0.140. The predicted octanol–water partition coefficient (Wildman–Crippen LogP) is 2.60. The fourth-order valence-corrected chi connectivity index (χ4v) is 1.99. The minimum Gasteiger partial charge on any atom is -0.494 e. The Labute approximate surface area is 96.8 Å². The van der Waals surface area contributed by atoms with Crippen molar-refractivity contribution in [3.8, 4) is 5.75 Å². The van der Waals surface area contributed by atoms with Gasteiger partial charge in [-0.2, -0.15) is 0 Å². The van der Waals surface area contributed by atoms with Crippen molar-refractivity contribution in [2.75, 3.05) is 7.11 Å². The summed E-state index contributed by atoms with van der Waals surface area (Å²) in [7, 11) is 1.32. The van der Waals surface area contributed by atoms with Crippen molar-refractivity contribution in [3.05, 3.63) is 28.5 Å². The van der Waals surface area contributed by atoms with Crippen molar-refractivity contribution < 1.29 is 19.0 Å². The van der Waals surface area contributed by atoms with Gasteiger partial charge in [0.1, 0.15) is 0 Å². The second kappa shape index (κ2) is 3.63. The zero-order valence-corrected chi connectivity index (χ0v) is 9.34. The van der Waals surface area contributed by atoms with Crippen LogP contribution in [0.15, 0.2) is 12.1 Å². The van der Waals surface area contributed by atoms with Crippen molar-refractivity contribution in [1.82, 2.24) is 0 Å². The van der Waals surface area contributed by atoms with Gasteiger partial charge in [0.25, 0.3) is 0 Å². The first-order chi connectivity index (χ1) is 7.51. The number of methoxy groups -OCH3 is 1. The number of halogens is 2. The molecule has 1 aromatic rings. The van der Waals surface area contributed by atoms with E-state index in [1.807, 2.05) is 0 Å². The molecular weight excluding hydrogens is 235 g/mol. The number of hydrogen-bond donors (Lipinski definition) is 1. The van der Waals surface area contributed by atoms with Gasteiger partial charge in [0, 0.05) is 16.7 Å². The summed E-state index contributed by atoms with van der Waals surface area (Å²) in [6, 6.07) is 2.69. The molecule has 2 rings (SSSR count). The monoisotopic (exact) mass is 244 g/mol. The molecule has 5 heteroatoms. The molecule has 1 aliphatic rings. The van der Waals surface area contributed by atoms with E-state index >= 15 is 0 Å². The van der Waals surface area contributed by atoms with Crippen LogP contribution in [0.3, 0.4) is 0 Å². The van der Waals surface area contributed by atoms with Crippen LogP contribution in [0.1, 0.15) is 18.4 Å². The van der Waals surface area contributed by atoms with E-state index in [0.29, 0.717) is 12.8 Å². The molecule has 1 N–H and O–H groups in total. The lowest BCUT2D eigenvalue weighted by atomic mass is 9.95. The SMILES string of the molecule is COc1cc(Cl)cc(C2(C(=O)O)CC2)c1F. The van der Waals surface area contributed by atoms with Crippen LogP contribution in [0.2, 0.25) is 5.02 Å². The van der Waals surface area contributed by atoms with E-state index in [2.05, 4.69) is 0 Å². The number of aliphatic carboxylic acids is 1. The molecule has 1 aliphatic carbocycles. The molecule has 1 saturated carbocycles. The number of carboxylic acids is 1. The Balaban J connectivity index is 2.57. The highest BCUT2D eigenvalue weighted by Gasteiger charge is 2.53. The maximum atomic E-state index is 13.9. The summed E-state index contributed by atoms with van der Waals surface area (Å²) in [5.41, 5.74) is -0.994. The summed E-state index contributed by atoms with van der Waals surface area (Å²) in [4.78, 5) is 11.1. The van der Waals surface area contributed by atoms with Gasteiger partial charge >= 0.3 is 5.97 Å². The molecule has 86 valence electrons. The molecule has 0 aromatic heterocycles. The summed E-state index contributed by atoms with van der Waals surface area (Å²) in [5, 5.41) is 9.36. The summed E-state index contributed by atoms with van der Waals surface area (Å²) in [6.45, 7) is 0. The van der Waals surface area contributed by atoms with Crippen molar-refractivity contribution in [1.29, 1.82) is 0 Å². The van der Waals surface area contributed by atoms with Gasteiger partial charge in [-0.3, -0.25) is 4.79 Å². The first-order valence-electron chi connectivity index (χ1n) is 4.78. The number of hydrogen-bond acceptors (Lipinski definition) is 2. The molecule has 0 bridgehead atoms. The minimum absolute atomic E-state index is 0.0185. The van der Waals surface area contributed by atoms with Crippen LogP contribution in [-0.4, -0.2) is 18.2 Å². The van der Waals surface area contributed by atoms with Gasteiger partial charge < -0.3 is 9.84 Å². The van der Waals surface area contributed by atoms with Crippen LogP contribution in [0.25, 0.3) is 0 Å². The van der Waals surface area contributed by atoms with Crippen molar-refractivity contribution >= 4 is 17.6 Å². The Kier molecular flexibility index (Phi) is 2.54. The number of carbonyl (C=O) groups is 1. The molecule has 3 nitrogen and oxygen atoms in total. The zero-order valence-electron chi connectivity index (χ0n) is 8.59. The summed E-state index contributed by atoms with van der Waals surface area (Å²) >= 11 is 5.80. The Bertz CT molecular complexity index is 455. The van der Waals surface area contributed by atoms with Crippen LogP contribution in [0.5, 0.6) is 5.75 Å². The third-order valence-corrected chi connectivity index (χ3v) is 3.12. The number of ether oxygens (including phenoxy) is 1. The molecule has 1 fully saturated rings. The van der Waals surface area contributed by atoms with Crippen LogP contribution in [-0.2, 0) is 10.2 Å². The Hall–Kier alpha value is -1.29. The number of rotatable bonds is 3. The van der Waals surface area contributed by atoms with Crippen LogP contribution in [0, 0.1) is 5.82 Å².